The van der Waals surface area contributed by atoms with Gasteiger partial charge >= 0.3 is 0 Å². The topological polar surface area (TPSA) is 123 Å². The Balaban J connectivity index is 1.51. The molecule has 0 spiro atoms. The van der Waals surface area contributed by atoms with Crippen LogP contribution in [0.5, 0.6) is 0 Å². The van der Waals surface area contributed by atoms with Crippen molar-refractivity contribution in [3.63, 3.8) is 0 Å². The second kappa shape index (κ2) is 7.85. The van der Waals surface area contributed by atoms with Gasteiger partial charge in [-0.05, 0) is 19.1 Å². The van der Waals surface area contributed by atoms with Crippen LogP contribution in [0.3, 0.4) is 0 Å². The van der Waals surface area contributed by atoms with Gasteiger partial charge in [0.05, 0.1) is 16.7 Å². The fourth-order valence-electron chi connectivity index (χ4n) is 2.83. The average molecular weight is 387 g/mol. The molecule has 0 radical (unpaired) electrons. The lowest BCUT2D eigenvalue weighted by Gasteiger charge is -2.14. The van der Waals surface area contributed by atoms with Crippen LogP contribution >= 0.6 is 0 Å². The molecule has 144 valence electrons. The van der Waals surface area contributed by atoms with Crippen LogP contribution in [0.4, 0.5) is 11.5 Å². The minimum atomic E-state index is -0.482. The number of hydrogen-bond donors (Lipinski definition) is 2. The molecule has 1 unspecified atom stereocenters. The van der Waals surface area contributed by atoms with Gasteiger partial charge in [0, 0.05) is 35.8 Å². The first-order chi connectivity index (χ1) is 14.1. The van der Waals surface area contributed by atoms with Gasteiger partial charge in [0.2, 0.25) is 0 Å². The molecule has 1 aromatic carbocycles. The third-order valence-corrected chi connectivity index (χ3v) is 4.34. The molecule has 9 heteroatoms. The molecule has 0 aliphatic rings. The van der Waals surface area contributed by atoms with Crippen LogP contribution in [-0.4, -0.2) is 29.8 Å². The molecule has 2 N–H and O–H groups in total. The summed E-state index contributed by atoms with van der Waals surface area (Å²) in [6.45, 7) is 1.90. The Bertz CT molecular complexity index is 1110. The maximum absolute atomic E-state index is 10.7. The minimum Gasteiger partial charge on any atom is -0.360 e. The molecule has 4 aromatic rings. The van der Waals surface area contributed by atoms with Gasteiger partial charge in [0.1, 0.15) is 17.8 Å². The largest absolute Gasteiger partial charge is 0.360 e. The highest BCUT2D eigenvalue weighted by Crippen LogP contribution is 2.23. The number of rotatable bonds is 6. The van der Waals surface area contributed by atoms with Gasteiger partial charge in [-0.25, -0.2) is 19.9 Å². The molecular formula is C20H17N7O2. The first-order valence-corrected chi connectivity index (χ1v) is 8.90. The minimum absolute atomic E-state index is 0.0561. The lowest BCUT2D eigenvalue weighted by molar-refractivity contribution is -0.385. The summed E-state index contributed by atoms with van der Waals surface area (Å²) in [6, 6.07) is 12.5. The van der Waals surface area contributed by atoms with E-state index in [1.54, 1.807) is 24.7 Å². The second-order valence-corrected chi connectivity index (χ2v) is 6.34. The number of aromatic nitrogens is 5. The van der Waals surface area contributed by atoms with E-state index in [2.05, 4.69) is 30.2 Å². The van der Waals surface area contributed by atoms with E-state index in [-0.39, 0.29) is 11.7 Å². The molecule has 0 saturated carbocycles. The fourth-order valence-corrected chi connectivity index (χ4v) is 2.83. The molecule has 0 aliphatic heterocycles. The molecule has 0 aliphatic carbocycles. The lowest BCUT2D eigenvalue weighted by Crippen LogP contribution is -2.11. The van der Waals surface area contributed by atoms with Crippen LogP contribution in [0.2, 0.25) is 0 Å². The van der Waals surface area contributed by atoms with Crippen molar-refractivity contribution in [3.8, 4) is 22.6 Å². The van der Waals surface area contributed by atoms with Gasteiger partial charge < -0.3 is 10.3 Å². The standard InChI is InChI=1S/C20H17N7O2/c1-13(25-18-7-6-16(12-24-18)27(28)29)19-21-9-8-17(26-19)14-2-4-15(5-3-14)20-22-10-11-23-20/h2-13H,1H3,(H,22,23)(H,24,25). The van der Waals surface area contributed by atoms with Gasteiger partial charge in [0.25, 0.3) is 5.69 Å². The summed E-state index contributed by atoms with van der Waals surface area (Å²) in [4.78, 5) is 30.6. The zero-order valence-corrected chi connectivity index (χ0v) is 15.5. The number of nitrogens with one attached hydrogen (secondary N) is 2. The fraction of sp³-hybridized carbons (Fsp3) is 0.100. The maximum atomic E-state index is 10.7. The van der Waals surface area contributed by atoms with E-state index in [1.807, 2.05) is 37.3 Å². The Morgan fingerprint density at radius 3 is 2.45 bits per heavy atom. The first-order valence-electron chi connectivity index (χ1n) is 8.90. The normalized spacial score (nSPS) is 11.8. The van der Waals surface area contributed by atoms with Crippen LogP contribution in [-0.2, 0) is 0 Å². The Morgan fingerprint density at radius 1 is 1.00 bits per heavy atom. The molecule has 29 heavy (non-hydrogen) atoms. The van der Waals surface area contributed by atoms with E-state index in [0.29, 0.717) is 11.6 Å². The summed E-state index contributed by atoms with van der Waals surface area (Å²) >= 11 is 0. The summed E-state index contributed by atoms with van der Waals surface area (Å²) in [6.07, 6.45) is 6.43. The Hall–Kier alpha value is -4.14. The maximum Gasteiger partial charge on any atom is 0.287 e. The highest BCUT2D eigenvalue weighted by atomic mass is 16.6. The van der Waals surface area contributed by atoms with Crippen LogP contribution in [0, 0.1) is 10.1 Å². The summed E-state index contributed by atoms with van der Waals surface area (Å²) in [7, 11) is 0. The predicted molar refractivity (Wildman–Crippen MR) is 108 cm³/mol. The van der Waals surface area contributed by atoms with Crippen molar-refractivity contribution in [2.45, 2.75) is 13.0 Å². The van der Waals surface area contributed by atoms with Crippen LogP contribution in [0.25, 0.3) is 22.6 Å². The monoisotopic (exact) mass is 387 g/mol. The third-order valence-electron chi connectivity index (χ3n) is 4.34. The Labute approximate surface area is 166 Å². The second-order valence-electron chi connectivity index (χ2n) is 6.34. The van der Waals surface area contributed by atoms with E-state index < -0.39 is 4.92 Å². The molecule has 3 aromatic heterocycles. The van der Waals surface area contributed by atoms with E-state index in [9.17, 15) is 10.1 Å². The third kappa shape index (κ3) is 4.08. The van der Waals surface area contributed by atoms with Crippen molar-refractivity contribution in [2.75, 3.05) is 5.32 Å². The predicted octanol–water partition coefficient (Wildman–Crippen LogP) is 4.01. The Kier molecular flexibility index (Phi) is 4.93. The molecule has 0 bridgehead atoms. The number of H-pyrrole nitrogens is 1. The zero-order chi connectivity index (χ0) is 20.2. The number of nitro groups is 1. The lowest BCUT2D eigenvalue weighted by atomic mass is 10.1. The molecule has 9 nitrogen and oxygen atoms in total. The highest BCUT2D eigenvalue weighted by molar-refractivity contribution is 5.65. The number of anilines is 1. The highest BCUT2D eigenvalue weighted by Gasteiger charge is 2.12. The number of hydrogen-bond acceptors (Lipinski definition) is 7. The van der Waals surface area contributed by atoms with Crippen molar-refractivity contribution in [1.29, 1.82) is 0 Å². The van der Waals surface area contributed by atoms with Crippen molar-refractivity contribution >= 4 is 11.5 Å². The van der Waals surface area contributed by atoms with E-state index in [0.717, 1.165) is 22.6 Å². The summed E-state index contributed by atoms with van der Waals surface area (Å²) in [5.41, 5.74) is 2.70. The summed E-state index contributed by atoms with van der Waals surface area (Å²) in [5.74, 6) is 1.92. The average Bonchev–Trinajstić information content (AvgIpc) is 3.29. The van der Waals surface area contributed by atoms with Crippen molar-refractivity contribution in [3.05, 3.63) is 83.2 Å². The van der Waals surface area contributed by atoms with Crippen molar-refractivity contribution in [1.82, 2.24) is 24.9 Å². The molecule has 0 saturated heterocycles. The van der Waals surface area contributed by atoms with Gasteiger partial charge in [-0.15, -0.1) is 0 Å². The number of imidazole rings is 1. The summed E-state index contributed by atoms with van der Waals surface area (Å²) in [5, 5.41) is 13.9. The molecule has 4 rings (SSSR count). The number of nitrogens with zero attached hydrogens (tertiary/aromatic N) is 5. The number of pyridine rings is 1. The van der Waals surface area contributed by atoms with E-state index in [1.165, 1.54) is 12.3 Å². The molecular weight excluding hydrogens is 370 g/mol. The Morgan fingerprint density at radius 2 is 1.79 bits per heavy atom. The SMILES string of the molecule is CC(Nc1ccc([N+](=O)[O-])cn1)c1nccc(-c2ccc(-c3ncc[nH]3)cc2)n1. The molecule has 0 amide bonds. The van der Waals surface area contributed by atoms with Gasteiger partial charge in [-0.1, -0.05) is 24.3 Å². The van der Waals surface area contributed by atoms with Crippen LogP contribution in [0.1, 0.15) is 18.8 Å². The van der Waals surface area contributed by atoms with Crippen molar-refractivity contribution in [2.24, 2.45) is 0 Å². The van der Waals surface area contributed by atoms with E-state index in [4.69, 9.17) is 0 Å². The van der Waals surface area contributed by atoms with Crippen molar-refractivity contribution < 1.29 is 4.92 Å². The molecule has 3 heterocycles. The number of aromatic amines is 1. The first kappa shape index (κ1) is 18.2. The van der Waals surface area contributed by atoms with Crippen LogP contribution < -0.4 is 5.32 Å². The molecule has 1 atom stereocenters. The number of benzene rings is 1. The molecule has 0 fully saturated rings. The van der Waals surface area contributed by atoms with Gasteiger partial charge in [-0.2, -0.15) is 0 Å². The zero-order valence-electron chi connectivity index (χ0n) is 15.5. The quantitative estimate of drug-likeness (QED) is 0.378. The smallest absolute Gasteiger partial charge is 0.287 e. The van der Waals surface area contributed by atoms with E-state index >= 15 is 0 Å². The summed E-state index contributed by atoms with van der Waals surface area (Å²) < 4.78 is 0. The van der Waals surface area contributed by atoms with Gasteiger partial charge in [-0.3, -0.25) is 10.1 Å². The van der Waals surface area contributed by atoms with Gasteiger partial charge in [0.15, 0.2) is 5.82 Å². The van der Waals surface area contributed by atoms with Crippen LogP contribution in [0.15, 0.2) is 67.3 Å².